The molecule has 2 aliphatic rings. The van der Waals surface area contributed by atoms with E-state index < -0.39 is 36.4 Å². The van der Waals surface area contributed by atoms with Gasteiger partial charge in [0.15, 0.2) is 11.8 Å². The number of carbonyl (C=O) groups is 3. The number of hydrogen-bond acceptors (Lipinski definition) is 9. The van der Waals surface area contributed by atoms with E-state index >= 15 is 0 Å². The number of likely N-dealkylation sites (tertiary alicyclic amines) is 1. The minimum Gasteiger partial charge on any atom is -0.481 e. The van der Waals surface area contributed by atoms with E-state index in [1.165, 1.54) is 31.5 Å². The summed E-state index contributed by atoms with van der Waals surface area (Å²) < 4.78 is 8.10. The van der Waals surface area contributed by atoms with Crippen LogP contribution in [-0.4, -0.2) is 101 Å². The standard InChI is InChI=1S/C22H33N5O.C6H8O7/c1-2-26-14-7-9-20(26)17-25(16-19-8-3-5-12-23-19)18-21-11-13-24-27(21)22-10-4-6-15-28-22;7-3(8)1-6(13,5(11)12)2-4(9)10/h3,5,8,11-13,20,22H,2,4,6-7,9-10,14-18H2,1H3;13H,1-2H2,(H,7,8)(H,9,10)(H,11,12). The molecule has 2 saturated heterocycles. The molecular weight excluding hydrogens is 534 g/mol. The first-order valence-electron chi connectivity index (χ1n) is 14.0. The second kappa shape index (κ2) is 15.6. The number of aliphatic hydroxyl groups is 1. The van der Waals surface area contributed by atoms with Crippen molar-refractivity contribution in [3.05, 3.63) is 48.0 Å². The molecule has 0 aromatic carbocycles. The molecule has 226 valence electrons. The molecule has 13 nitrogen and oxygen atoms in total. The van der Waals surface area contributed by atoms with E-state index in [1.807, 2.05) is 18.5 Å². The highest BCUT2D eigenvalue weighted by molar-refractivity contribution is 5.88. The number of nitrogens with zero attached hydrogens (tertiary/aromatic N) is 5. The van der Waals surface area contributed by atoms with Gasteiger partial charge in [-0.3, -0.25) is 24.4 Å². The summed E-state index contributed by atoms with van der Waals surface area (Å²) in [6.45, 7) is 8.30. The summed E-state index contributed by atoms with van der Waals surface area (Å²) in [4.78, 5) is 40.2. The van der Waals surface area contributed by atoms with E-state index in [-0.39, 0.29) is 6.23 Å². The molecule has 2 aliphatic heterocycles. The summed E-state index contributed by atoms with van der Waals surface area (Å²) in [5.74, 6) is -5.02. The van der Waals surface area contributed by atoms with Gasteiger partial charge in [0.2, 0.25) is 0 Å². The highest BCUT2D eigenvalue weighted by Crippen LogP contribution is 2.25. The van der Waals surface area contributed by atoms with Gasteiger partial charge in [0.05, 0.1) is 24.2 Å². The monoisotopic (exact) mass is 575 g/mol. The highest BCUT2D eigenvalue weighted by atomic mass is 16.5. The van der Waals surface area contributed by atoms with Gasteiger partial charge in [0, 0.05) is 44.7 Å². The van der Waals surface area contributed by atoms with Gasteiger partial charge in [-0.2, -0.15) is 5.10 Å². The highest BCUT2D eigenvalue weighted by Gasteiger charge is 2.40. The molecule has 2 aromatic heterocycles. The van der Waals surface area contributed by atoms with Crippen molar-refractivity contribution in [1.82, 2.24) is 24.6 Å². The van der Waals surface area contributed by atoms with Gasteiger partial charge in [0.1, 0.15) is 0 Å². The molecule has 0 bridgehead atoms. The van der Waals surface area contributed by atoms with Crippen molar-refractivity contribution in [1.29, 1.82) is 0 Å². The second-order valence-corrected chi connectivity index (χ2v) is 10.5. The lowest BCUT2D eigenvalue weighted by Crippen LogP contribution is -2.42. The number of likely N-dealkylation sites (N-methyl/N-ethyl adjacent to an activating group) is 1. The molecular formula is C28H41N5O8. The molecule has 0 saturated carbocycles. The lowest BCUT2D eigenvalue weighted by molar-refractivity contribution is -0.170. The van der Waals surface area contributed by atoms with Crippen LogP contribution in [0.1, 0.15) is 69.5 Å². The predicted octanol–water partition coefficient (Wildman–Crippen LogP) is 2.22. The Morgan fingerprint density at radius 1 is 1.02 bits per heavy atom. The van der Waals surface area contributed by atoms with Gasteiger partial charge in [-0.25, -0.2) is 9.48 Å². The van der Waals surface area contributed by atoms with Gasteiger partial charge in [-0.15, -0.1) is 0 Å². The van der Waals surface area contributed by atoms with Crippen LogP contribution < -0.4 is 0 Å². The van der Waals surface area contributed by atoms with Crippen LogP contribution in [0.2, 0.25) is 0 Å². The number of carboxylic acid groups (broad SMARTS) is 3. The van der Waals surface area contributed by atoms with Gasteiger partial charge < -0.3 is 25.2 Å². The molecule has 2 unspecified atom stereocenters. The normalized spacial score (nSPS) is 19.5. The Hall–Kier alpha value is -3.39. The lowest BCUT2D eigenvalue weighted by atomic mass is 9.96. The van der Waals surface area contributed by atoms with Gasteiger partial charge in [0.25, 0.3) is 0 Å². The van der Waals surface area contributed by atoms with E-state index in [4.69, 9.17) is 25.2 Å². The first-order chi connectivity index (χ1) is 19.6. The average molecular weight is 576 g/mol. The number of carboxylic acids is 3. The summed E-state index contributed by atoms with van der Waals surface area (Å²) >= 11 is 0. The summed E-state index contributed by atoms with van der Waals surface area (Å²) in [5, 5.41) is 38.4. The maximum Gasteiger partial charge on any atom is 0.336 e. The van der Waals surface area contributed by atoms with Crippen LogP contribution >= 0.6 is 0 Å². The Balaban J connectivity index is 0.000000302. The number of pyridine rings is 1. The van der Waals surface area contributed by atoms with Crippen molar-refractivity contribution in [2.45, 2.75) is 82.8 Å². The summed E-state index contributed by atoms with van der Waals surface area (Å²) in [6, 6.07) is 8.97. The Bertz CT molecular complexity index is 1110. The van der Waals surface area contributed by atoms with E-state index in [0.717, 1.165) is 51.3 Å². The van der Waals surface area contributed by atoms with Crippen molar-refractivity contribution in [2.24, 2.45) is 0 Å². The minimum atomic E-state index is -2.74. The van der Waals surface area contributed by atoms with E-state index in [9.17, 15) is 14.4 Å². The van der Waals surface area contributed by atoms with Crippen molar-refractivity contribution in [3.63, 3.8) is 0 Å². The third kappa shape index (κ3) is 9.88. The van der Waals surface area contributed by atoms with Crippen LogP contribution in [-0.2, 0) is 32.2 Å². The fourth-order valence-corrected chi connectivity index (χ4v) is 5.31. The molecule has 2 atom stereocenters. The molecule has 2 aromatic rings. The van der Waals surface area contributed by atoms with E-state index in [2.05, 4.69) is 49.7 Å². The maximum atomic E-state index is 10.3. The first-order valence-corrected chi connectivity index (χ1v) is 14.0. The Kier molecular flexibility index (Phi) is 12.2. The Labute approximate surface area is 239 Å². The Morgan fingerprint density at radius 2 is 1.78 bits per heavy atom. The minimum absolute atomic E-state index is 0.0917. The van der Waals surface area contributed by atoms with Crippen molar-refractivity contribution in [3.8, 4) is 0 Å². The summed E-state index contributed by atoms with van der Waals surface area (Å²) in [5.41, 5.74) is -0.370. The Morgan fingerprint density at radius 3 is 2.37 bits per heavy atom. The zero-order chi connectivity index (χ0) is 29.8. The van der Waals surface area contributed by atoms with Gasteiger partial charge in [-0.1, -0.05) is 13.0 Å². The first kappa shape index (κ1) is 32.1. The second-order valence-electron chi connectivity index (χ2n) is 10.5. The zero-order valence-electron chi connectivity index (χ0n) is 23.5. The predicted molar refractivity (Wildman–Crippen MR) is 147 cm³/mol. The molecule has 4 N–H and O–H groups in total. The quantitative estimate of drug-likeness (QED) is 0.274. The molecule has 41 heavy (non-hydrogen) atoms. The van der Waals surface area contributed by atoms with Crippen molar-refractivity contribution in [2.75, 3.05) is 26.2 Å². The SMILES string of the molecule is CCN1CCCC1CN(Cc1ccccn1)Cc1ccnn1C1CCCCO1.O=C(O)CC(O)(CC(=O)O)C(=O)O. The van der Waals surface area contributed by atoms with Crippen molar-refractivity contribution >= 4 is 17.9 Å². The number of ether oxygens (including phenoxy) is 1. The molecule has 13 heteroatoms. The summed E-state index contributed by atoms with van der Waals surface area (Å²) in [6.07, 6.45) is 7.64. The van der Waals surface area contributed by atoms with Gasteiger partial charge in [-0.05, 0) is 63.4 Å². The van der Waals surface area contributed by atoms with Crippen LogP contribution in [0.3, 0.4) is 0 Å². The molecule has 0 radical (unpaired) electrons. The third-order valence-corrected chi connectivity index (χ3v) is 7.34. The van der Waals surface area contributed by atoms with E-state index in [0.29, 0.717) is 6.04 Å². The zero-order valence-corrected chi connectivity index (χ0v) is 23.5. The molecule has 0 aliphatic carbocycles. The largest absolute Gasteiger partial charge is 0.481 e. The van der Waals surface area contributed by atoms with E-state index in [1.54, 1.807) is 0 Å². The number of aromatic nitrogens is 3. The van der Waals surface area contributed by atoms with Crippen LogP contribution in [0.25, 0.3) is 0 Å². The molecule has 2 fully saturated rings. The fourth-order valence-electron chi connectivity index (χ4n) is 5.31. The molecule has 4 heterocycles. The van der Waals surface area contributed by atoms with Crippen LogP contribution in [0.4, 0.5) is 0 Å². The van der Waals surface area contributed by atoms with Crippen LogP contribution in [0.15, 0.2) is 36.7 Å². The summed E-state index contributed by atoms with van der Waals surface area (Å²) in [7, 11) is 0. The third-order valence-electron chi connectivity index (χ3n) is 7.34. The molecule has 0 spiro atoms. The smallest absolute Gasteiger partial charge is 0.336 e. The van der Waals surface area contributed by atoms with Crippen LogP contribution in [0.5, 0.6) is 0 Å². The number of aliphatic carboxylic acids is 3. The number of rotatable bonds is 13. The average Bonchev–Trinajstić information content (AvgIpc) is 3.58. The lowest BCUT2D eigenvalue weighted by Gasteiger charge is -2.31. The van der Waals surface area contributed by atoms with Crippen molar-refractivity contribution < 1.29 is 39.5 Å². The molecule has 0 amide bonds. The van der Waals surface area contributed by atoms with Crippen LogP contribution in [0, 0.1) is 0 Å². The number of hydrogen-bond donors (Lipinski definition) is 4. The molecule has 4 rings (SSSR count). The fraction of sp³-hybridized carbons (Fsp3) is 0.607. The van der Waals surface area contributed by atoms with Gasteiger partial charge >= 0.3 is 17.9 Å². The maximum absolute atomic E-state index is 10.3. The topological polar surface area (TPSA) is 179 Å².